The van der Waals surface area contributed by atoms with E-state index in [2.05, 4.69) is 9.97 Å². The second-order valence-corrected chi connectivity index (χ2v) is 5.66. The van der Waals surface area contributed by atoms with E-state index in [1.807, 2.05) is 6.07 Å². The third-order valence-corrected chi connectivity index (χ3v) is 4.19. The highest BCUT2D eigenvalue weighted by Crippen LogP contribution is 2.39. The van der Waals surface area contributed by atoms with Crippen molar-refractivity contribution in [2.75, 3.05) is 7.11 Å². The predicted molar refractivity (Wildman–Crippen MR) is 78.5 cm³/mol. The van der Waals surface area contributed by atoms with Crippen LogP contribution in [0.4, 0.5) is 13.2 Å². The zero-order valence-corrected chi connectivity index (χ0v) is 12.6. The number of hydrogen-bond acceptors (Lipinski definition) is 4. The van der Waals surface area contributed by atoms with Crippen molar-refractivity contribution in [3.63, 3.8) is 0 Å². The molecule has 2 aromatic heterocycles. The van der Waals surface area contributed by atoms with Crippen LogP contribution >= 0.6 is 0 Å². The monoisotopic (exact) mass is 326 g/mol. The van der Waals surface area contributed by atoms with Gasteiger partial charge in [-0.3, -0.25) is 4.98 Å². The Bertz CT molecular complexity index is 683. The third kappa shape index (κ3) is 3.33. The molecule has 2 heterocycles. The highest BCUT2D eigenvalue weighted by molar-refractivity contribution is 5.88. The number of rotatable bonds is 3. The molecule has 0 saturated heterocycles. The fraction of sp³-hybridized carbons (Fsp3) is 0.500. The van der Waals surface area contributed by atoms with Gasteiger partial charge in [0.05, 0.1) is 30.7 Å². The molecular formula is C16H17F3N2O2. The standard InChI is InChI=1S/C16H17F3N2O2/c1-22-15-12-3-2-8-20-14(12)13(9-21-15)23-11-6-4-10(5-7-11)16(17,18)19/h2-3,8-11H,4-7H2,1H3/t10-,11-. The van der Waals surface area contributed by atoms with Crippen LogP contribution < -0.4 is 9.47 Å². The van der Waals surface area contributed by atoms with Crippen LogP contribution in [-0.2, 0) is 0 Å². The maximum atomic E-state index is 12.7. The smallest absolute Gasteiger partial charge is 0.391 e. The molecule has 0 unspecified atom stereocenters. The lowest BCUT2D eigenvalue weighted by Gasteiger charge is -2.30. The van der Waals surface area contributed by atoms with Crippen molar-refractivity contribution < 1.29 is 22.6 Å². The molecule has 1 aliphatic carbocycles. The van der Waals surface area contributed by atoms with Crippen LogP contribution in [0.25, 0.3) is 10.9 Å². The highest BCUT2D eigenvalue weighted by atomic mass is 19.4. The van der Waals surface area contributed by atoms with Gasteiger partial charge in [-0.05, 0) is 37.8 Å². The summed E-state index contributed by atoms with van der Waals surface area (Å²) in [6.07, 6.45) is -0.240. The average molecular weight is 326 g/mol. The van der Waals surface area contributed by atoms with E-state index in [1.54, 1.807) is 12.3 Å². The lowest BCUT2D eigenvalue weighted by atomic mass is 9.87. The molecule has 0 bridgehead atoms. The lowest BCUT2D eigenvalue weighted by molar-refractivity contribution is -0.185. The molecule has 0 spiro atoms. The van der Waals surface area contributed by atoms with Gasteiger partial charge in [0.25, 0.3) is 0 Å². The van der Waals surface area contributed by atoms with Crippen LogP contribution in [0.15, 0.2) is 24.5 Å². The van der Waals surface area contributed by atoms with Crippen molar-refractivity contribution in [3.8, 4) is 11.6 Å². The number of nitrogens with zero attached hydrogens (tertiary/aromatic N) is 2. The van der Waals surface area contributed by atoms with Crippen LogP contribution in [0.2, 0.25) is 0 Å². The number of ether oxygens (including phenoxy) is 2. The number of alkyl halides is 3. The quantitative estimate of drug-likeness (QED) is 0.850. The van der Waals surface area contributed by atoms with E-state index < -0.39 is 12.1 Å². The Morgan fingerprint density at radius 3 is 2.52 bits per heavy atom. The molecule has 1 aliphatic rings. The Labute approximate surface area is 131 Å². The van der Waals surface area contributed by atoms with E-state index in [4.69, 9.17) is 9.47 Å². The first-order valence-corrected chi connectivity index (χ1v) is 7.50. The molecule has 0 amide bonds. The average Bonchev–Trinajstić information content (AvgIpc) is 2.55. The molecule has 1 saturated carbocycles. The highest BCUT2D eigenvalue weighted by Gasteiger charge is 2.41. The normalized spacial score (nSPS) is 22.1. The number of halogens is 3. The van der Waals surface area contributed by atoms with Gasteiger partial charge < -0.3 is 9.47 Å². The first kappa shape index (κ1) is 15.8. The number of hydrogen-bond donors (Lipinski definition) is 0. The molecule has 7 heteroatoms. The first-order chi connectivity index (χ1) is 11.0. The first-order valence-electron chi connectivity index (χ1n) is 7.50. The van der Waals surface area contributed by atoms with Crippen molar-refractivity contribution in [1.82, 2.24) is 9.97 Å². The lowest BCUT2D eigenvalue weighted by Crippen LogP contribution is -2.31. The van der Waals surface area contributed by atoms with Crippen LogP contribution in [0, 0.1) is 5.92 Å². The van der Waals surface area contributed by atoms with Crippen LogP contribution in [-0.4, -0.2) is 29.4 Å². The predicted octanol–water partition coefficient (Wildman–Crippen LogP) is 4.14. The Balaban J connectivity index is 1.76. The summed E-state index contributed by atoms with van der Waals surface area (Å²) in [5, 5.41) is 0.719. The third-order valence-electron chi connectivity index (χ3n) is 4.19. The minimum atomic E-state index is -4.11. The van der Waals surface area contributed by atoms with Crippen LogP contribution in [0.3, 0.4) is 0 Å². The van der Waals surface area contributed by atoms with E-state index in [1.165, 1.54) is 13.3 Å². The van der Waals surface area contributed by atoms with Gasteiger partial charge in [0.15, 0.2) is 5.75 Å². The molecular weight excluding hydrogens is 309 g/mol. The zero-order chi connectivity index (χ0) is 16.4. The molecule has 0 atom stereocenters. The van der Waals surface area contributed by atoms with Crippen molar-refractivity contribution in [2.45, 2.75) is 38.0 Å². The fourth-order valence-corrected chi connectivity index (χ4v) is 2.96. The summed E-state index contributed by atoms with van der Waals surface area (Å²) in [4.78, 5) is 8.46. The molecule has 2 aromatic rings. The zero-order valence-electron chi connectivity index (χ0n) is 12.6. The summed E-state index contributed by atoms with van der Waals surface area (Å²) < 4.78 is 49.2. The van der Waals surface area contributed by atoms with Gasteiger partial charge >= 0.3 is 6.18 Å². The van der Waals surface area contributed by atoms with E-state index in [9.17, 15) is 13.2 Å². The molecule has 1 fully saturated rings. The van der Waals surface area contributed by atoms with Crippen molar-refractivity contribution >= 4 is 10.9 Å². The maximum absolute atomic E-state index is 12.7. The molecule has 0 radical (unpaired) electrons. The number of pyridine rings is 2. The summed E-state index contributed by atoms with van der Waals surface area (Å²) >= 11 is 0. The molecule has 4 nitrogen and oxygen atoms in total. The molecule has 0 aliphatic heterocycles. The van der Waals surface area contributed by atoms with Crippen molar-refractivity contribution in [1.29, 1.82) is 0 Å². The summed E-state index contributed by atoms with van der Waals surface area (Å²) in [5.41, 5.74) is 0.609. The van der Waals surface area contributed by atoms with Gasteiger partial charge in [-0.2, -0.15) is 13.2 Å². The van der Waals surface area contributed by atoms with Gasteiger partial charge in [-0.25, -0.2) is 4.98 Å². The summed E-state index contributed by atoms with van der Waals surface area (Å²) in [6.45, 7) is 0. The van der Waals surface area contributed by atoms with Gasteiger partial charge in [0, 0.05) is 6.20 Å². The van der Waals surface area contributed by atoms with Gasteiger partial charge in [-0.1, -0.05) is 0 Å². The Hall–Kier alpha value is -2.05. The van der Waals surface area contributed by atoms with Gasteiger partial charge in [-0.15, -0.1) is 0 Å². The van der Waals surface area contributed by atoms with E-state index in [-0.39, 0.29) is 18.9 Å². The Morgan fingerprint density at radius 2 is 1.87 bits per heavy atom. The van der Waals surface area contributed by atoms with Crippen LogP contribution in [0.1, 0.15) is 25.7 Å². The number of aromatic nitrogens is 2. The number of methoxy groups -OCH3 is 1. The summed E-state index contributed by atoms with van der Waals surface area (Å²) in [7, 11) is 1.52. The summed E-state index contributed by atoms with van der Waals surface area (Å²) in [5.74, 6) is -0.288. The van der Waals surface area contributed by atoms with E-state index >= 15 is 0 Å². The molecule has 124 valence electrons. The second-order valence-electron chi connectivity index (χ2n) is 5.66. The van der Waals surface area contributed by atoms with Gasteiger partial charge in [0.1, 0.15) is 5.52 Å². The minimum Gasteiger partial charge on any atom is -0.487 e. The van der Waals surface area contributed by atoms with Crippen molar-refractivity contribution in [3.05, 3.63) is 24.5 Å². The van der Waals surface area contributed by atoms with Crippen LogP contribution in [0.5, 0.6) is 11.6 Å². The fourth-order valence-electron chi connectivity index (χ4n) is 2.96. The largest absolute Gasteiger partial charge is 0.487 e. The molecule has 23 heavy (non-hydrogen) atoms. The molecule has 3 rings (SSSR count). The van der Waals surface area contributed by atoms with Gasteiger partial charge in [0.2, 0.25) is 5.88 Å². The van der Waals surface area contributed by atoms with E-state index in [0.29, 0.717) is 30.0 Å². The van der Waals surface area contributed by atoms with Crippen molar-refractivity contribution in [2.24, 2.45) is 5.92 Å². The topological polar surface area (TPSA) is 44.2 Å². The maximum Gasteiger partial charge on any atom is 0.391 e. The second kappa shape index (κ2) is 6.22. The SMILES string of the molecule is COc1ncc(O[C@H]2CC[C@H](C(F)(F)F)CC2)c2ncccc12. The molecule has 0 N–H and O–H groups in total. The number of fused-ring (bicyclic) bond motifs is 1. The summed E-state index contributed by atoms with van der Waals surface area (Å²) in [6, 6.07) is 3.59. The molecule has 0 aromatic carbocycles. The minimum absolute atomic E-state index is 0.100. The van der Waals surface area contributed by atoms with E-state index in [0.717, 1.165) is 5.39 Å². The Kier molecular flexibility index (Phi) is 4.28. The Morgan fingerprint density at radius 1 is 1.13 bits per heavy atom.